The molecule has 0 saturated carbocycles. The van der Waals surface area contributed by atoms with Gasteiger partial charge in [0.2, 0.25) is 0 Å². The van der Waals surface area contributed by atoms with Crippen LogP contribution in [0.25, 0.3) is 0 Å². The van der Waals surface area contributed by atoms with Gasteiger partial charge in [-0.1, -0.05) is 18.2 Å². The Morgan fingerprint density at radius 2 is 1.68 bits per heavy atom. The van der Waals surface area contributed by atoms with Gasteiger partial charge in [-0.2, -0.15) is 10.0 Å². The molecular weight excluding hydrogens is 244 g/mol. The van der Waals surface area contributed by atoms with Gasteiger partial charge in [0, 0.05) is 0 Å². The van der Waals surface area contributed by atoms with Crippen LogP contribution < -0.4 is 0 Å². The highest BCUT2D eigenvalue weighted by Crippen LogP contribution is 2.43. The van der Waals surface area contributed by atoms with Gasteiger partial charge in [0.15, 0.2) is 5.54 Å². The maximum atomic E-state index is 11.7. The Morgan fingerprint density at radius 1 is 1.16 bits per heavy atom. The number of rotatable bonds is 1. The second-order valence-electron chi connectivity index (χ2n) is 5.84. The smallest absolute Gasteiger partial charge is 0.433 e. The summed E-state index contributed by atoms with van der Waals surface area (Å²) >= 11 is 0. The van der Waals surface area contributed by atoms with Gasteiger partial charge in [0.1, 0.15) is 5.54 Å². The monoisotopic (exact) mass is 263 g/mol. The van der Waals surface area contributed by atoms with Crippen LogP contribution in [0.5, 0.6) is 0 Å². The largest absolute Gasteiger partial charge is 0.554 e. The second kappa shape index (κ2) is 3.88. The Balaban J connectivity index is 2.69. The first kappa shape index (κ1) is 13.7. The third kappa shape index (κ3) is 1.62. The van der Waals surface area contributed by atoms with Crippen LogP contribution in [0.4, 0.5) is 4.79 Å². The highest BCUT2D eigenvalue weighted by atomic mass is 16.6. The van der Waals surface area contributed by atoms with E-state index in [9.17, 15) is 15.1 Å². The fourth-order valence-electron chi connectivity index (χ4n) is 2.30. The molecule has 0 aliphatic carbocycles. The molecular formula is C14H19N2O3+. The fraction of sp³-hybridized carbons (Fsp3) is 0.429. The third-order valence-corrected chi connectivity index (χ3v) is 4.31. The maximum Gasteiger partial charge on any atom is 0.554 e. The molecule has 1 aliphatic heterocycles. The topological polar surface area (TPSA) is 69.9 Å². The van der Waals surface area contributed by atoms with Gasteiger partial charge in [-0.15, -0.1) is 0 Å². The van der Waals surface area contributed by atoms with E-state index in [4.69, 9.17) is 0 Å². The van der Waals surface area contributed by atoms with Gasteiger partial charge in [-0.3, -0.25) is 0 Å². The fourth-order valence-corrected chi connectivity index (χ4v) is 2.30. The summed E-state index contributed by atoms with van der Waals surface area (Å²) in [5.41, 5.74) is -1.04. The van der Waals surface area contributed by atoms with Crippen molar-refractivity contribution >= 4 is 11.9 Å². The number of amidine groups is 1. The van der Waals surface area contributed by atoms with Crippen molar-refractivity contribution in [3.8, 4) is 0 Å². The van der Waals surface area contributed by atoms with Crippen LogP contribution in [0.1, 0.15) is 33.3 Å². The highest BCUT2D eigenvalue weighted by Gasteiger charge is 2.68. The normalized spacial score (nSPS) is 27.9. The number of benzene rings is 1. The number of nitrogens with zero attached hydrogens (tertiary/aromatic N) is 2. The first-order chi connectivity index (χ1) is 8.64. The average molecular weight is 263 g/mol. The zero-order valence-electron chi connectivity index (χ0n) is 11.6. The molecule has 2 rings (SSSR count). The summed E-state index contributed by atoms with van der Waals surface area (Å²) in [6.45, 7) is 7.07. The van der Waals surface area contributed by atoms with Crippen LogP contribution in [-0.2, 0) is 0 Å². The predicted molar refractivity (Wildman–Crippen MR) is 71.2 cm³/mol. The van der Waals surface area contributed by atoms with Crippen LogP contribution in [0.2, 0.25) is 0 Å². The van der Waals surface area contributed by atoms with Gasteiger partial charge in [-0.05, 0) is 44.5 Å². The lowest BCUT2D eigenvalue weighted by Gasteiger charge is -2.38. The van der Waals surface area contributed by atoms with Gasteiger partial charge in [-0.25, -0.2) is 4.99 Å². The van der Waals surface area contributed by atoms with E-state index in [0.717, 1.165) is 0 Å². The van der Waals surface area contributed by atoms with Crippen LogP contribution in [-0.4, -0.2) is 38.0 Å². The minimum Gasteiger partial charge on any atom is -0.433 e. The summed E-state index contributed by atoms with van der Waals surface area (Å²) in [6.07, 6.45) is -1.32. The number of amides is 1. The standard InChI is InChI=1S/C14H18N2O3/c1-13(2)14(3,4)16(19,12(17)18)11(15-13)10-8-6-5-7-9-10/h5-9,19H,1-4H3/p+1. The third-order valence-electron chi connectivity index (χ3n) is 4.31. The Hall–Kier alpha value is -1.72. The van der Waals surface area contributed by atoms with Crippen LogP contribution in [0.15, 0.2) is 35.3 Å². The summed E-state index contributed by atoms with van der Waals surface area (Å²) < 4.78 is -1.20. The van der Waals surface area contributed by atoms with E-state index >= 15 is 0 Å². The molecule has 1 aliphatic rings. The van der Waals surface area contributed by atoms with Crippen molar-refractivity contribution in [3.05, 3.63) is 35.9 Å². The molecule has 0 fully saturated rings. The Morgan fingerprint density at radius 3 is 2.16 bits per heavy atom. The lowest BCUT2D eigenvalue weighted by atomic mass is 9.83. The van der Waals surface area contributed by atoms with Crippen molar-refractivity contribution in [2.75, 3.05) is 0 Å². The summed E-state index contributed by atoms with van der Waals surface area (Å²) in [5, 5.41) is 20.3. The Bertz CT molecular complexity index is 549. The van der Waals surface area contributed by atoms with Gasteiger partial charge < -0.3 is 5.11 Å². The molecule has 1 aromatic carbocycles. The van der Waals surface area contributed by atoms with Crippen molar-refractivity contribution in [1.82, 2.24) is 0 Å². The predicted octanol–water partition coefficient (Wildman–Crippen LogP) is 2.89. The zero-order valence-corrected chi connectivity index (χ0v) is 11.6. The molecule has 0 saturated heterocycles. The Kier molecular flexibility index (Phi) is 2.80. The number of quaternary nitrogens is 1. The Labute approximate surface area is 112 Å². The van der Waals surface area contributed by atoms with Gasteiger partial charge in [0.25, 0.3) is 5.84 Å². The summed E-state index contributed by atoms with van der Waals surface area (Å²) in [6, 6.07) is 8.93. The molecule has 1 unspecified atom stereocenters. The van der Waals surface area contributed by atoms with E-state index in [0.29, 0.717) is 5.56 Å². The molecule has 1 heterocycles. The van der Waals surface area contributed by atoms with Crippen LogP contribution in [0.3, 0.4) is 0 Å². The van der Waals surface area contributed by atoms with Gasteiger partial charge in [0.05, 0.1) is 5.56 Å². The molecule has 19 heavy (non-hydrogen) atoms. The van der Waals surface area contributed by atoms with E-state index in [-0.39, 0.29) is 5.84 Å². The molecule has 1 aromatic rings. The SMILES string of the molecule is CC1(C)N=C(c2ccccc2)[N+](O)(C(=O)O)C1(C)C. The lowest BCUT2D eigenvalue weighted by Crippen LogP contribution is -2.67. The van der Waals surface area contributed by atoms with E-state index in [1.54, 1.807) is 38.1 Å². The first-order valence-electron chi connectivity index (χ1n) is 6.16. The highest BCUT2D eigenvalue weighted by molar-refractivity contribution is 5.99. The van der Waals surface area contributed by atoms with Gasteiger partial charge >= 0.3 is 6.09 Å². The van der Waals surface area contributed by atoms with Crippen molar-refractivity contribution in [3.63, 3.8) is 0 Å². The number of carboxylic acid groups (broad SMARTS) is 1. The number of hydrogen-bond acceptors (Lipinski definition) is 3. The molecule has 1 amide bonds. The van der Waals surface area contributed by atoms with Crippen molar-refractivity contribution in [2.24, 2.45) is 4.99 Å². The minimum atomic E-state index is -1.32. The summed E-state index contributed by atoms with van der Waals surface area (Å²) in [5.74, 6) is 0.170. The molecule has 0 spiro atoms. The molecule has 2 N–H and O–H groups in total. The molecule has 5 nitrogen and oxygen atoms in total. The second-order valence-corrected chi connectivity index (χ2v) is 5.84. The number of hydroxylamine groups is 3. The van der Waals surface area contributed by atoms with E-state index in [1.807, 2.05) is 19.9 Å². The molecule has 0 bridgehead atoms. The van der Waals surface area contributed by atoms with E-state index in [2.05, 4.69) is 4.99 Å². The van der Waals surface area contributed by atoms with Crippen LogP contribution in [0, 0.1) is 0 Å². The van der Waals surface area contributed by atoms with Crippen molar-refractivity contribution in [2.45, 2.75) is 38.8 Å². The number of hydrogen-bond donors (Lipinski definition) is 2. The van der Waals surface area contributed by atoms with Crippen molar-refractivity contribution < 1.29 is 19.8 Å². The molecule has 102 valence electrons. The number of aliphatic imine (C=N–C) groups is 1. The minimum absolute atomic E-state index is 0.170. The summed E-state index contributed by atoms with van der Waals surface area (Å²) in [7, 11) is 0. The first-order valence-corrected chi connectivity index (χ1v) is 6.16. The maximum absolute atomic E-state index is 11.7. The lowest BCUT2D eigenvalue weighted by molar-refractivity contribution is -1.00. The van der Waals surface area contributed by atoms with E-state index in [1.165, 1.54) is 0 Å². The molecule has 1 atom stereocenters. The molecule has 5 heteroatoms. The van der Waals surface area contributed by atoms with Crippen molar-refractivity contribution in [1.29, 1.82) is 0 Å². The number of carbonyl (C=O) groups is 1. The van der Waals surface area contributed by atoms with Crippen LogP contribution >= 0.6 is 0 Å². The summed E-state index contributed by atoms with van der Waals surface area (Å²) in [4.78, 5) is 16.1. The molecule has 0 aromatic heterocycles. The zero-order chi connectivity index (χ0) is 14.5. The average Bonchev–Trinajstić information content (AvgIpc) is 2.49. The molecule has 0 radical (unpaired) electrons. The quantitative estimate of drug-likeness (QED) is 0.604. The van der Waals surface area contributed by atoms with E-state index < -0.39 is 21.8 Å².